The van der Waals surface area contributed by atoms with E-state index in [1.165, 1.54) is 33.3 Å². The number of amides is 3. The Kier molecular flexibility index (Phi) is 10.5. The lowest BCUT2D eigenvalue weighted by Gasteiger charge is -2.39. The molecular formula is C30H36N4O7. The molecule has 3 N–H and O–H groups in total. The summed E-state index contributed by atoms with van der Waals surface area (Å²) in [6.07, 6.45) is -0.289. The van der Waals surface area contributed by atoms with Crippen LogP contribution in [-0.4, -0.2) is 55.9 Å². The van der Waals surface area contributed by atoms with E-state index in [1.807, 2.05) is 32.0 Å². The van der Waals surface area contributed by atoms with Gasteiger partial charge in [0.25, 0.3) is 0 Å². The largest absolute Gasteiger partial charge is 0.494 e. The monoisotopic (exact) mass is 564 g/mol. The third-order valence-electron chi connectivity index (χ3n) is 6.47. The molecule has 3 aromatic rings. The lowest BCUT2D eigenvalue weighted by atomic mass is 10.0. The zero-order valence-electron chi connectivity index (χ0n) is 24.1. The minimum atomic E-state index is -1.04. The Morgan fingerprint density at radius 2 is 1.51 bits per heavy atom. The summed E-state index contributed by atoms with van der Waals surface area (Å²) in [6, 6.07) is 16.2. The summed E-state index contributed by atoms with van der Waals surface area (Å²) < 4.78 is 16.3. The number of hydrogen-bond donors (Lipinski definition) is 3. The highest BCUT2D eigenvalue weighted by atomic mass is 16.5. The number of anilines is 3. The highest BCUT2D eigenvalue weighted by Gasteiger charge is 2.31. The van der Waals surface area contributed by atoms with Crippen LogP contribution < -0.4 is 29.9 Å². The van der Waals surface area contributed by atoms with Gasteiger partial charge in [-0.3, -0.25) is 9.59 Å². The topological polar surface area (TPSA) is 130 Å². The molecule has 3 aromatic carbocycles. The SMILES string of the molecule is CCN(C(CC(=O)O)c1ccc(OC)c(OC)c1)N(C(C)=O)c1ccc(NC(=O)Nc2ccccc2C)c(OC)c1. The van der Waals surface area contributed by atoms with Gasteiger partial charge in [-0.05, 0) is 48.4 Å². The predicted octanol–water partition coefficient (Wildman–Crippen LogP) is 5.47. The molecule has 0 heterocycles. The van der Waals surface area contributed by atoms with Crippen LogP contribution in [0.2, 0.25) is 0 Å². The van der Waals surface area contributed by atoms with Crippen molar-refractivity contribution in [3.8, 4) is 17.2 Å². The number of nitrogens with zero attached hydrogens (tertiary/aromatic N) is 2. The number of carboxylic acid groups (broad SMARTS) is 1. The van der Waals surface area contributed by atoms with Crippen molar-refractivity contribution in [1.29, 1.82) is 0 Å². The highest BCUT2D eigenvalue weighted by Crippen LogP contribution is 2.37. The molecule has 0 saturated carbocycles. The molecule has 3 rings (SSSR count). The summed E-state index contributed by atoms with van der Waals surface area (Å²) in [5.41, 5.74) is 3.01. The van der Waals surface area contributed by atoms with Crippen LogP contribution in [0, 0.1) is 6.92 Å². The number of rotatable bonds is 12. The third kappa shape index (κ3) is 7.46. The van der Waals surface area contributed by atoms with Crippen LogP contribution in [0.1, 0.15) is 37.4 Å². The Morgan fingerprint density at radius 1 is 0.854 bits per heavy atom. The standard InChI is InChI=1S/C30H36N4O7/c1-7-33(25(18-29(36)37)21-12-15-26(39-4)28(16-21)41-6)34(20(3)35)22-13-14-24(27(17-22)40-5)32-30(38)31-23-11-9-8-10-19(23)2/h8-17,25H,7,18H2,1-6H3,(H,36,37)(H2,31,32,38). The van der Waals surface area contributed by atoms with Gasteiger partial charge in [-0.25, -0.2) is 14.8 Å². The van der Waals surface area contributed by atoms with Gasteiger partial charge in [0, 0.05) is 25.2 Å². The van der Waals surface area contributed by atoms with Crippen molar-refractivity contribution >= 4 is 35.0 Å². The zero-order chi connectivity index (χ0) is 30.1. The summed E-state index contributed by atoms with van der Waals surface area (Å²) in [6.45, 7) is 5.41. The van der Waals surface area contributed by atoms with E-state index in [9.17, 15) is 19.5 Å². The molecule has 11 nitrogen and oxygen atoms in total. The van der Waals surface area contributed by atoms with Crippen molar-refractivity contribution in [2.75, 3.05) is 43.5 Å². The fourth-order valence-electron chi connectivity index (χ4n) is 4.54. The number of methoxy groups -OCH3 is 3. The molecule has 0 fully saturated rings. The minimum Gasteiger partial charge on any atom is -0.494 e. The van der Waals surface area contributed by atoms with Crippen LogP contribution in [-0.2, 0) is 9.59 Å². The first-order chi connectivity index (χ1) is 19.6. The maximum atomic E-state index is 13.1. The van der Waals surface area contributed by atoms with E-state index < -0.39 is 18.0 Å². The van der Waals surface area contributed by atoms with Crippen LogP contribution in [0.5, 0.6) is 17.2 Å². The number of ether oxygens (including phenoxy) is 3. The van der Waals surface area contributed by atoms with Gasteiger partial charge >= 0.3 is 12.0 Å². The molecule has 0 aliphatic rings. The van der Waals surface area contributed by atoms with Crippen LogP contribution >= 0.6 is 0 Å². The summed E-state index contributed by atoms with van der Waals surface area (Å²) in [5, 5.41) is 18.4. The van der Waals surface area contributed by atoms with E-state index in [2.05, 4.69) is 10.6 Å². The summed E-state index contributed by atoms with van der Waals surface area (Å²) in [5.74, 6) is -0.139. The number of aliphatic carboxylic acids is 1. The molecule has 218 valence electrons. The predicted molar refractivity (Wildman–Crippen MR) is 157 cm³/mol. The van der Waals surface area contributed by atoms with Gasteiger partial charge in [-0.2, -0.15) is 0 Å². The number of hydrazine groups is 1. The molecule has 0 aromatic heterocycles. The Labute approximate surface area is 239 Å². The molecule has 0 aliphatic carbocycles. The van der Waals surface area contributed by atoms with Crippen molar-refractivity contribution in [1.82, 2.24) is 5.01 Å². The van der Waals surface area contributed by atoms with Crippen molar-refractivity contribution < 1.29 is 33.7 Å². The summed E-state index contributed by atoms with van der Waals surface area (Å²) >= 11 is 0. The lowest BCUT2D eigenvalue weighted by Crippen LogP contribution is -2.48. The molecule has 0 bridgehead atoms. The van der Waals surface area contributed by atoms with Crippen LogP contribution in [0.25, 0.3) is 0 Å². The second-order valence-corrected chi connectivity index (χ2v) is 9.09. The Morgan fingerprint density at radius 3 is 2.10 bits per heavy atom. The number of benzene rings is 3. The smallest absolute Gasteiger partial charge is 0.323 e. The summed E-state index contributed by atoms with van der Waals surface area (Å²) in [7, 11) is 4.47. The average molecular weight is 565 g/mol. The fraction of sp³-hybridized carbons (Fsp3) is 0.300. The van der Waals surface area contributed by atoms with Gasteiger partial charge in [0.2, 0.25) is 5.91 Å². The molecule has 1 atom stereocenters. The van der Waals surface area contributed by atoms with Gasteiger partial charge in [0.15, 0.2) is 11.5 Å². The number of nitrogens with one attached hydrogen (secondary N) is 2. The first kappa shape index (κ1) is 30.8. The molecule has 1 unspecified atom stereocenters. The lowest BCUT2D eigenvalue weighted by molar-refractivity contribution is -0.139. The van der Waals surface area contributed by atoms with Gasteiger partial charge in [0.05, 0.1) is 45.2 Å². The van der Waals surface area contributed by atoms with E-state index in [-0.39, 0.29) is 12.3 Å². The average Bonchev–Trinajstić information content (AvgIpc) is 2.95. The number of hydrogen-bond acceptors (Lipinski definition) is 7. The van der Waals surface area contributed by atoms with Crippen molar-refractivity contribution in [3.63, 3.8) is 0 Å². The highest BCUT2D eigenvalue weighted by molar-refractivity contribution is 6.01. The number of carboxylic acids is 1. The van der Waals surface area contributed by atoms with Crippen molar-refractivity contribution in [2.45, 2.75) is 33.2 Å². The van der Waals surface area contributed by atoms with Gasteiger partial charge < -0.3 is 30.0 Å². The van der Waals surface area contributed by atoms with Crippen LogP contribution in [0.3, 0.4) is 0 Å². The van der Waals surface area contributed by atoms with E-state index in [0.717, 1.165) is 5.56 Å². The van der Waals surface area contributed by atoms with Gasteiger partial charge in [-0.15, -0.1) is 0 Å². The second kappa shape index (κ2) is 14.0. The molecule has 0 aliphatic heterocycles. The van der Waals surface area contributed by atoms with E-state index in [1.54, 1.807) is 47.5 Å². The Bertz CT molecular complexity index is 1400. The van der Waals surface area contributed by atoms with Crippen molar-refractivity contribution in [2.24, 2.45) is 0 Å². The molecular weight excluding hydrogens is 528 g/mol. The van der Waals surface area contributed by atoms with Crippen molar-refractivity contribution in [3.05, 3.63) is 71.8 Å². The molecule has 0 spiro atoms. The maximum absolute atomic E-state index is 13.1. The van der Waals surface area contributed by atoms with Gasteiger partial charge in [0.1, 0.15) is 5.75 Å². The van der Waals surface area contributed by atoms with Gasteiger partial charge in [-0.1, -0.05) is 31.2 Å². The first-order valence-corrected chi connectivity index (χ1v) is 13.0. The minimum absolute atomic E-state index is 0.289. The molecule has 11 heteroatoms. The molecule has 41 heavy (non-hydrogen) atoms. The number of aryl methyl sites for hydroxylation is 1. The molecule has 0 saturated heterocycles. The summed E-state index contributed by atoms with van der Waals surface area (Å²) in [4.78, 5) is 37.7. The maximum Gasteiger partial charge on any atom is 0.323 e. The normalized spacial score (nSPS) is 11.4. The fourth-order valence-corrected chi connectivity index (χ4v) is 4.54. The van der Waals surface area contributed by atoms with E-state index >= 15 is 0 Å². The number of carbonyl (C=O) groups is 3. The third-order valence-corrected chi connectivity index (χ3v) is 6.47. The number of urea groups is 1. The first-order valence-electron chi connectivity index (χ1n) is 13.0. The van der Waals surface area contributed by atoms with E-state index in [0.29, 0.717) is 46.4 Å². The Hall–Kier alpha value is -4.77. The zero-order valence-corrected chi connectivity index (χ0v) is 24.1. The molecule has 3 amide bonds. The quantitative estimate of drug-likeness (QED) is 0.247. The van der Waals surface area contributed by atoms with Crippen LogP contribution in [0.15, 0.2) is 60.7 Å². The molecule has 0 radical (unpaired) electrons. The van der Waals surface area contributed by atoms with Crippen LogP contribution in [0.4, 0.5) is 21.9 Å². The number of carbonyl (C=O) groups excluding carboxylic acids is 2. The Balaban J connectivity index is 1.97. The van der Waals surface area contributed by atoms with E-state index in [4.69, 9.17) is 14.2 Å². The number of para-hydroxylation sites is 1. The second-order valence-electron chi connectivity index (χ2n) is 9.09.